The Morgan fingerprint density at radius 2 is 2.04 bits per heavy atom. The van der Waals surface area contributed by atoms with Crippen molar-refractivity contribution in [1.82, 2.24) is 10.9 Å². The van der Waals surface area contributed by atoms with E-state index in [4.69, 9.17) is 5.26 Å². The summed E-state index contributed by atoms with van der Waals surface area (Å²) in [5, 5.41) is 13.8. The molecule has 1 aromatic heterocycles. The van der Waals surface area contributed by atoms with Crippen LogP contribution in [0.25, 0.3) is 0 Å². The second-order valence-electron chi connectivity index (χ2n) is 4.56. The summed E-state index contributed by atoms with van der Waals surface area (Å²) in [5.41, 5.74) is 6.00. The van der Waals surface area contributed by atoms with Gasteiger partial charge in [-0.1, -0.05) is 12.1 Å². The van der Waals surface area contributed by atoms with Crippen molar-refractivity contribution in [3.63, 3.8) is 0 Å². The maximum atomic E-state index is 12.1. The van der Waals surface area contributed by atoms with E-state index in [-0.39, 0.29) is 11.8 Å². The van der Waals surface area contributed by atoms with Gasteiger partial charge in [0.15, 0.2) is 0 Å². The first-order valence-electron chi connectivity index (χ1n) is 6.61. The number of rotatable bonds is 5. The molecule has 0 aliphatic carbocycles. The van der Waals surface area contributed by atoms with Crippen LogP contribution in [0.2, 0.25) is 0 Å². The molecule has 0 unspecified atom stereocenters. The van der Waals surface area contributed by atoms with Crippen molar-refractivity contribution >= 4 is 44.1 Å². The molecular weight excluding hydrogens is 380 g/mol. The zero-order chi connectivity index (χ0) is 16.8. The summed E-state index contributed by atoms with van der Waals surface area (Å²) < 4.78 is 0.661. The third kappa shape index (κ3) is 4.39. The lowest BCUT2D eigenvalue weighted by molar-refractivity contribution is -0.117. The molecule has 2 amide bonds. The van der Waals surface area contributed by atoms with Crippen molar-refractivity contribution in [1.29, 1.82) is 5.26 Å². The highest BCUT2D eigenvalue weighted by Crippen LogP contribution is 2.22. The number of halogens is 1. The van der Waals surface area contributed by atoms with E-state index in [1.165, 1.54) is 11.3 Å². The van der Waals surface area contributed by atoms with Crippen molar-refractivity contribution in [3.05, 3.63) is 51.3 Å². The average Bonchev–Trinajstić information content (AvgIpc) is 2.99. The van der Waals surface area contributed by atoms with Crippen molar-refractivity contribution in [2.75, 3.05) is 5.32 Å². The van der Waals surface area contributed by atoms with Gasteiger partial charge in [-0.2, -0.15) is 5.26 Å². The van der Waals surface area contributed by atoms with E-state index >= 15 is 0 Å². The zero-order valence-electron chi connectivity index (χ0n) is 12.1. The quantitative estimate of drug-likeness (QED) is 0.681. The number of nitrogens with zero attached hydrogens (tertiary/aromatic N) is 1. The molecular formula is C15H13BrN4O2S. The molecule has 1 atom stereocenters. The molecule has 118 valence electrons. The number of thiophene rings is 1. The molecule has 2 aromatic rings. The lowest BCUT2D eigenvalue weighted by Crippen LogP contribution is -2.48. The predicted octanol–water partition coefficient (Wildman–Crippen LogP) is 2.64. The second-order valence-corrected chi connectivity index (χ2v) is 6.33. The summed E-state index contributed by atoms with van der Waals surface area (Å²) in [6, 6.07) is 9.93. The van der Waals surface area contributed by atoms with Gasteiger partial charge in [-0.3, -0.25) is 15.0 Å². The molecule has 23 heavy (non-hydrogen) atoms. The van der Waals surface area contributed by atoms with Crippen molar-refractivity contribution in [2.24, 2.45) is 0 Å². The molecule has 2 rings (SSSR count). The Morgan fingerprint density at radius 1 is 1.30 bits per heavy atom. The largest absolute Gasteiger partial charge is 0.315 e. The first-order valence-corrected chi connectivity index (χ1v) is 8.29. The van der Waals surface area contributed by atoms with Gasteiger partial charge in [-0.25, -0.2) is 5.43 Å². The van der Waals surface area contributed by atoms with Crippen LogP contribution >= 0.6 is 27.3 Å². The van der Waals surface area contributed by atoms with Crippen LogP contribution < -0.4 is 16.2 Å². The fraction of sp³-hybridized carbons (Fsp3) is 0.133. The number of nitriles is 1. The first-order chi connectivity index (χ1) is 11.0. The number of anilines is 1. The molecule has 0 bridgehead atoms. The summed E-state index contributed by atoms with van der Waals surface area (Å²) in [7, 11) is 0. The highest BCUT2D eigenvalue weighted by Gasteiger charge is 2.17. The minimum Gasteiger partial charge on any atom is -0.315 e. The molecule has 3 N–H and O–H groups in total. The Labute approximate surface area is 145 Å². The van der Waals surface area contributed by atoms with Gasteiger partial charge in [0.25, 0.3) is 5.91 Å². The number of hydrogen-bond acceptors (Lipinski definition) is 5. The van der Waals surface area contributed by atoms with Gasteiger partial charge in [0.2, 0.25) is 5.91 Å². The summed E-state index contributed by atoms with van der Waals surface area (Å²) in [5.74, 6) is -0.706. The van der Waals surface area contributed by atoms with Gasteiger partial charge in [0.1, 0.15) is 17.1 Å². The van der Waals surface area contributed by atoms with Crippen LogP contribution in [0.5, 0.6) is 0 Å². The third-order valence-corrected chi connectivity index (χ3v) is 4.46. The number of carbonyl (C=O) groups excluding carboxylic acids is 2. The fourth-order valence-corrected chi connectivity index (χ4v) is 2.87. The molecule has 1 heterocycles. The van der Waals surface area contributed by atoms with Crippen LogP contribution in [0.15, 0.2) is 40.2 Å². The van der Waals surface area contributed by atoms with Crippen LogP contribution in [0, 0.1) is 11.3 Å². The number of hydrazine groups is 1. The number of hydrogen-bond donors (Lipinski definition) is 3. The molecule has 0 aliphatic heterocycles. The molecule has 0 saturated heterocycles. The second kappa shape index (κ2) is 7.87. The Bertz CT molecular complexity index is 769. The van der Waals surface area contributed by atoms with Crippen LogP contribution in [0.1, 0.15) is 22.8 Å². The smallest absolute Gasteiger partial charge is 0.266 e. The van der Waals surface area contributed by atoms with Gasteiger partial charge >= 0.3 is 0 Å². The van der Waals surface area contributed by atoms with Crippen molar-refractivity contribution in [2.45, 2.75) is 13.0 Å². The van der Waals surface area contributed by atoms with Gasteiger partial charge in [0, 0.05) is 4.47 Å². The standard InChI is InChI=1S/C15H13BrN4O2S/c1-9(13(21)18-15-10(8-17)6-7-23-15)19-20-14(22)11-4-2-3-5-12(11)16/h2-7,9,19H,1H3,(H,18,21)(H,20,22)/t9-/m1/s1. The number of nitrogens with one attached hydrogen (secondary N) is 3. The number of carbonyl (C=O) groups is 2. The fourth-order valence-electron chi connectivity index (χ4n) is 1.67. The van der Waals surface area contributed by atoms with E-state index < -0.39 is 6.04 Å². The SMILES string of the molecule is C[C@@H](NNC(=O)c1ccccc1Br)C(=O)Nc1sccc1C#N. The zero-order valence-corrected chi connectivity index (χ0v) is 14.5. The molecule has 0 spiro atoms. The highest BCUT2D eigenvalue weighted by atomic mass is 79.9. The molecule has 0 saturated carbocycles. The first kappa shape index (κ1) is 17.1. The maximum Gasteiger partial charge on any atom is 0.266 e. The highest BCUT2D eigenvalue weighted by molar-refractivity contribution is 9.10. The summed E-state index contributed by atoms with van der Waals surface area (Å²) in [4.78, 5) is 24.1. The monoisotopic (exact) mass is 392 g/mol. The van der Waals surface area contributed by atoms with Crippen LogP contribution in [-0.4, -0.2) is 17.9 Å². The molecule has 0 aliphatic rings. The lowest BCUT2D eigenvalue weighted by atomic mass is 10.2. The molecule has 0 fully saturated rings. The number of benzene rings is 1. The number of amides is 2. The van der Waals surface area contributed by atoms with Crippen LogP contribution in [0.4, 0.5) is 5.00 Å². The van der Waals surface area contributed by atoms with Gasteiger partial charge < -0.3 is 5.32 Å². The van der Waals surface area contributed by atoms with E-state index in [1.54, 1.807) is 42.6 Å². The maximum absolute atomic E-state index is 12.1. The van der Waals surface area contributed by atoms with Gasteiger partial charge in [0.05, 0.1) is 11.1 Å². The van der Waals surface area contributed by atoms with E-state index in [9.17, 15) is 9.59 Å². The normalized spacial score (nSPS) is 11.3. The minimum absolute atomic E-state index is 0.351. The van der Waals surface area contributed by atoms with Gasteiger partial charge in [-0.05, 0) is 46.4 Å². The van der Waals surface area contributed by atoms with Crippen LogP contribution in [-0.2, 0) is 4.79 Å². The average molecular weight is 393 g/mol. The van der Waals surface area contributed by atoms with E-state index in [0.29, 0.717) is 20.6 Å². The predicted molar refractivity (Wildman–Crippen MR) is 91.9 cm³/mol. The van der Waals surface area contributed by atoms with E-state index in [2.05, 4.69) is 32.1 Å². The van der Waals surface area contributed by atoms with Crippen molar-refractivity contribution < 1.29 is 9.59 Å². The molecule has 6 nitrogen and oxygen atoms in total. The lowest BCUT2D eigenvalue weighted by Gasteiger charge is -2.14. The molecule has 1 aromatic carbocycles. The van der Waals surface area contributed by atoms with E-state index in [0.717, 1.165) is 0 Å². The summed E-state index contributed by atoms with van der Waals surface area (Å²) in [6.07, 6.45) is 0. The van der Waals surface area contributed by atoms with Crippen LogP contribution in [0.3, 0.4) is 0 Å². The minimum atomic E-state index is -0.671. The topological polar surface area (TPSA) is 94.0 Å². The Morgan fingerprint density at radius 3 is 2.74 bits per heavy atom. The van der Waals surface area contributed by atoms with E-state index in [1.807, 2.05) is 6.07 Å². The summed E-state index contributed by atoms with van der Waals surface area (Å²) in [6.45, 7) is 1.61. The third-order valence-electron chi connectivity index (χ3n) is 2.94. The van der Waals surface area contributed by atoms with Gasteiger partial charge in [-0.15, -0.1) is 11.3 Å². The Balaban J connectivity index is 1.91. The Hall–Kier alpha value is -2.21. The molecule has 8 heteroatoms. The Kier molecular flexibility index (Phi) is 5.87. The molecule has 0 radical (unpaired) electrons. The van der Waals surface area contributed by atoms with Crippen molar-refractivity contribution in [3.8, 4) is 6.07 Å². The summed E-state index contributed by atoms with van der Waals surface area (Å²) >= 11 is 4.56.